The van der Waals surface area contributed by atoms with Gasteiger partial charge in [0.25, 0.3) is 0 Å². The van der Waals surface area contributed by atoms with E-state index in [9.17, 15) is 0 Å². The van der Waals surface area contributed by atoms with Crippen LogP contribution >= 0.6 is 0 Å². The Morgan fingerprint density at radius 3 is 1.08 bits per heavy atom. The third-order valence-corrected chi connectivity index (χ3v) is 3.26. The van der Waals surface area contributed by atoms with Crippen molar-refractivity contribution in [3.63, 3.8) is 0 Å². The molecule has 4 atom stereocenters. The molecule has 0 aliphatic carbocycles. The van der Waals surface area contributed by atoms with E-state index < -0.39 is 0 Å². The van der Waals surface area contributed by atoms with E-state index in [4.69, 9.17) is 26.7 Å². The Labute approximate surface area is 166 Å². The van der Waals surface area contributed by atoms with Crippen molar-refractivity contribution < 1.29 is 37.6 Å². The fraction of sp³-hybridized carbons (Fsp3) is 1.00. The maximum atomic E-state index is 8.09. The van der Waals surface area contributed by atoms with Crippen molar-refractivity contribution in [1.82, 2.24) is 5.53 Å². The molecule has 8 N–H and O–H groups in total. The van der Waals surface area contributed by atoms with Crippen molar-refractivity contribution in [3.05, 3.63) is 33.1 Å². The van der Waals surface area contributed by atoms with Crippen molar-refractivity contribution in [2.24, 2.45) is 5.84 Å². The molecular weight excluding hydrogens is 391 g/mol. The van der Waals surface area contributed by atoms with Gasteiger partial charge in [0, 0.05) is 16.8 Å². The molecule has 1 rings (SSSR count). The van der Waals surface area contributed by atoms with Gasteiger partial charge < -0.3 is 59.4 Å². The van der Waals surface area contributed by atoms with Crippen LogP contribution in [0.4, 0.5) is 0 Å². The van der Waals surface area contributed by atoms with Gasteiger partial charge in [-0.1, -0.05) is 47.0 Å². The first-order valence-electron chi connectivity index (χ1n) is 7.98. The van der Waals surface area contributed by atoms with Crippen molar-refractivity contribution in [3.8, 4) is 0 Å². The molecule has 0 aromatic rings. The summed E-state index contributed by atoms with van der Waals surface area (Å²) in [6.07, 6.45) is 4.07. The van der Waals surface area contributed by atoms with Gasteiger partial charge >= 0.3 is 0 Å². The van der Waals surface area contributed by atoms with E-state index >= 15 is 0 Å². The minimum absolute atomic E-state index is 0. The maximum absolute atomic E-state index is 8.09. The van der Waals surface area contributed by atoms with Gasteiger partial charge in [-0.15, -0.1) is 37.3 Å². The standard InChI is InChI=1S/C5H10N.2C4H10N2O2.Co.H4N3/c1-2-4-6-5-3-1;2*1-3(5-7)4(2)6-8;;1-3-2/h1-5H2;2*3-4,7-8H,1-2H3;;1,3H,2H2/q-1;2*-2;;-1. The fourth-order valence-electron chi connectivity index (χ4n) is 1.12. The zero-order valence-corrected chi connectivity index (χ0v) is 16.8. The van der Waals surface area contributed by atoms with Gasteiger partial charge in [-0.05, 0) is 0 Å². The predicted octanol–water partition coefficient (Wildman–Crippen LogP) is 3.54. The molecule has 1 fully saturated rings. The monoisotopic (exact) mass is 425 g/mol. The number of nitrogens with one attached hydrogen (secondary N) is 2. The van der Waals surface area contributed by atoms with Crippen LogP contribution in [-0.4, -0.2) is 58.1 Å². The van der Waals surface area contributed by atoms with Crippen LogP contribution in [0, 0.1) is 0 Å². The van der Waals surface area contributed by atoms with Crippen molar-refractivity contribution in [1.29, 1.82) is 0 Å². The fourth-order valence-corrected chi connectivity index (χ4v) is 1.12. The number of rotatable bonds is 6. The second-order valence-electron chi connectivity index (χ2n) is 5.30. The number of hydrogen-bond acceptors (Lipinski definition) is 6. The predicted molar refractivity (Wildman–Crippen MR) is 97.0 cm³/mol. The van der Waals surface area contributed by atoms with E-state index in [-0.39, 0.29) is 40.9 Å². The average molecular weight is 425 g/mol. The van der Waals surface area contributed by atoms with Crippen LogP contribution in [0.2, 0.25) is 0 Å². The molecule has 1 heterocycles. The molecular formula is C13H34CoN8O4-6. The largest absolute Gasteiger partial charge is 0.662 e. The quantitative estimate of drug-likeness (QED) is 0.276. The minimum atomic E-state index is -0.319. The normalized spacial score (nSPS) is 17.3. The molecule has 26 heavy (non-hydrogen) atoms. The molecule has 13 heteroatoms. The molecule has 1 aliphatic rings. The smallest absolute Gasteiger partial charge is 0 e. The first kappa shape index (κ1) is 33.6. The summed E-state index contributed by atoms with van der Waals surface area (Å²) < 4.78 is 0. The molecule has 0 aromatic carbocycles. The first-order valence-corrected chi connectivity index (χ1v) is 7.98. The summed E-state index contributed by atoms with van der Waals surface area (Å²) in [5, 5.41) is 36.5. The molecule has 165 valence electrons. The Bertz CT molecular complexity index is 203. The third-order valence-electron chi connectivity index (χ3n) is 3.26. The molecule has 4 unspecified atom stereocenters. The van der Waals surface area contributed by atoms with Crippen LogP contribution in [0.25, 0.3) is 33.1 Å². The number of nitrogens with zero attached hydrogens (tertiary/aromatic N) is 5. The van der Waals surface area contributed by atoms with Crippen LogP contribution in [0.1, 0.15) is 47.0 Å². The van der Waals surface area contributed by atoms with Gasteiger partial charge in [-0.2, -0.15) is 0 Å². The molecule has 12 nitrogen and oxygen atoms in total. The Morgan fingerprint density at radius 1 is 0.769 bits per heavy atom. The second-order valence-corrected chi connectivity index (χ2v) is 5.30. The number of hydrazine groups is 1. The van der Waals surface area contributed by atoms with E-state index in [1.54, 1.807) is 27.7 Å². The van der Waals surface area contributed by atoms with Gasteiger partial charge in [-0.25, -0.2) is 0 Å². The summed E-state index contributed by atoms with van der Waals surface area (Å²) in [4.78, 5) is 0. The molecule has 1 aliphatic heterocycles. The molecule has 0 bridgehead atoms. The van der Waals surface area contributed by atoms with Gasteiger partial charge in [0.15, 0.2) is 0 Å². The second kappa shape index (κ2) is 27.2. The first-order chi connectivity index (χ1) is 11.9. The van der Waals surface area contributed by atoms with Crippen LogP contribution < -0.4 is 11.4 Å². The summed E-state index contributed by atoms with van der Waals surface area (Å²) in [7, 11) is 0. The van der Waals surface area contributed by atoms with Crippen molar-refractivity contribution >= 4 is 0 Å². The number of hydroxylamine groups is 4. The summed E-state index contributed by atoms with van der Waals surface area (Å²) in [6, 6.07) is -1.28. The molecule has 0 aromatic heterocycles. The van der Waals surface area contributed by atoms with E-state index in [2.05, 4.69) is 33.1 Å². The van der Waals surface area contributed by atoms with Gasteiger partial charge in [0.05, 0.1) is 0 Å². The zero-order chi connectivity index (χ0) is 20.1. The van der Waals surface area contributed by atoms with E-state index in [1.165, 1.54) is 24.8 Å². The Balaban J connectivity index is -0.000000128. The van der Waals surface area contributed by atoms with Crippen molar-refractivity contribution in [2.45, 2.75) is 71.1 Å². The molecule has 0 spiro atoms. The summed E-state index contributed by atoms with van der Waals surface area (Å²) in [5.41, 5.74) is 13.1. The number of hydrogen-bond donors (Lipinski definition) is 6. The van der Waals surface area contributed by atoms with E-state index in [0.717, 1.165) is 13.1 Å². The zero-order valence-electron chi connectivity index (χ0n) is 15.8. The third kappa shape index (κ3) is 26.3. The van der Waals surface area contributed by atoms with Crippen molar-refractivity contribution in [2.75, 3.05) is 13.1 Å². The average Bonchev–Trinajstić information content (AvgIpc) is 2.68. The van der Waals surface area contributed by atoms with Gasteiger partial charge in [-0.3, -0.25) is 5.84 Å². The number of nitrogens with two attached hydrogens (primary N) is 1. The molecule has 0 amide bonds. The maximum Gasteiger partial charge on any atom is 0 e. The topological polar surface area (TPSA) is 213 Å². The molecule has 0 saturated carbocycles. The summed E-state index contributed by atoms with van der Waals surface area (Å²) in [6.45, 7) is 8.88. The van der Waals surface area contributed by atoms with E-state index in [0.29, 0.717) is 0 Å². The van der Waals surface area contributed by atoms with Crippen LogP contribution in [0.3, 0.4) is 0 Å². The van der Waals surface area contributed by atoms with Gasteiger partial charge in [0.2, 0.25) is 0 Å². The Hall–Kier alpha value is 0.0265. The SMILES string of the molecule is C1CC[N-]CC1.CC([N-]O)C(C)[N-]O.CC([N-]O)C(C)[N-]O.[Co].[NH-]NN. The van der Waals surface area contributed by atoms with E-state index in [1.807, 2.05) is 0 Å². The van der Waals surface area contributed by atoms with Crippen LogP contribution in [-0.2, 0) is 16.8 Å². The Morgan fingerprint density at radius 2 is 1.00 bits per heavy atom. The molecule has 1 radical (unpaired) electrons. The summed E-state index contributed by atoms with van der Waals surface area (Å²) >= 11 is 0. The molecule has 1 saturated heterocycles. The Kier molecular flexibility index (Phi) is 35.2. The van der Waals surface area contributed by atoms with Crippen LogP contribution in [0.5, 0.6) is 0 Å². The van der Waals surface area contributed by atoms with Crippen LogP contribution in [0.15, 0.2) is 0 Å². The number of piperidine rings is 1. The van der Waals surface area contributed by atoms with Gasteiger partial charge in [0.1, 0.15) is 0 Å². The summed E-state index contributed by atoms with van der Waals surface area (Å²) in [5.74, 6) is 10.0. The minimum Gasteiger partial charge on any atom is -0.662 e.